The second kappa shape index (κ2) is 18.0. The number of hydrogen-bond donors (Lipinski definition) is 1. The molecule has 12 nitrogen and oxygen atoms in total. The van der Waals surface area contributed by atoms with Gasteiger partial charge in [-0.2, -0.15) is 0 Å². The molecule has 3 aromatic rings. The Morgan fingerprint density at radius 1 is 0.818 bits per heavy atom. The lowest BCUT2D eigenvalue weighted by Crippen LogP contribution is -2.47. The summed E-state index contributed by atoms with van der Waals surface area (Å²) in [7, 11) is -2.00. The second-order valence-corrected chi connectivity index (χ2v) is 22.4. The Balaban J connectivity index is 1.50. The zero-order chi connectivity index (χ0) is 40.6. The molecule has 1 aliphatic rings. The zero-order valence-corrected chi connectivity index (χ0v) is 35.8. The summed E-state index contributed by atoms with van der Waals surface area (Å²) in [4.78, 5) is 53.9. The number of carbonyl (C=O) groups excluding carboxylic acids is 3. The highest BCUT2D eigenvalue weighted by molar-refractivity contribution is 6.74. The van der Waals surface area contributed by atoms with Crippen molar-refractivity contribution in [3.05, 3.63) is 66.5 Å². The topological polar surface area (TPSA) is 126 Å². The lowest BCUT2D eigenvalue weighted by molar-refractivity contribution is -0.133. The van der Waals surface area contributed by atoms with Crippen LogP contribution in [0, 0.1) is 0 Å². The van der Waals surface area contributed by atoms with E-state index >= 15 is 0 Å². The van der Waals surface area contributed by atoms with E-state index in [2.05, 4.69) is 49.1 Å². The van der Waals surface area contributed by atoms with Gasteiger partial charge in [-0.05, 0) is 126 Å². The number of carbonyl (C=O) groups is 3. The highest BCUT2D eigenvalue weighted by Gasteiger charge is 2.37. The first-order chi connectivity index (χ1) is 25.6. The van der Waals surface area contributed by atoms with E-state index in [1.165, 1.54) is 9.80 Å². The molecule has 4 rings (SSSR count). The molecule has 55 heavy (non-hydrogen) atoms. The molecule has 0 unspecified atom stereocenters. The minimum absolute atomic E-state index is 0.0390. The molecule has 2 aromatic heterocycles. The minimum Gasteiger partial charge on any atom is -0.444 e. The average Bonchev–Trinajstić information content (AvgIpc) is 3.09. The zero-order valence-electron chi connectivity index (χ0n) is 34.8. The van der Waals surface area contributed by atoms with Crippen LogP contribution in [0.15, 0.2) is 60.9 Å². The van der Waals surface area contributed by atoms with Gasteiger partial charge in [0, 0.05) is 44.1 Å². The van der Waals surface area contributed by atoms with Crippen LogP contribution in [0.1, 0.15) is 87.1 Å². The molecule has 3 heterocycles. The highest BCUT2D eigenvalue weighted by Crippen LogP contribution is 2.37. The maximum atomic E-state index is 13.8. The van der Waals surface area contributed by atoms with Crippen LogP contribution in [-0.4, -0.2) is 90.1 Å². The number of aromatic nitrogens is 2. The number of rotatable bonds is 12. The van der Waals surface area contributed by atoms with E-state index < -0.39 is 31.7 Å². The molecular weight excluding hydrogens is 713 g/mol. The predicted molar refractivity (Wildman–Crippen MR) is 221 cm³/mol. The predicted octanol–water partition coefficient (Wildman–Crippen LogP) is 9.40. The van der Waals surface area contributed by atoms with Crippen LogP contribution in [0.5, 0.6) is 0 Å². The Morgan fingerprint density at radius 2 is 1.49 bits per heavy atom. The van der Waals surface area contributed by atoms with Gasteiger partial charge in [-0.1, -0.05) is 32.9 Å². The molecule has 300 valence electrons. The third-order valence-electron chi connectivity index (χ3n) is 9.60. The van der Waals surface area contributed by atoms with Gasteiger partial charge in [0.15, 0.2) is 8.32 Å². The SMILES string of the molecule is CC(C)(C)OC(=O)N(CCNc1ccc(-c2ccnc(N(C(=O)OC(C)(C)C)c3cccc(CO[Si](C)(C)C(C)(C)C)c3)c2)cn1)CC(=O)N1CCCCC1. The normalized spacial score (nSPS) is 13.9. The molecule has 0 radical (unpaired) electrons. The Hall–Kier alpha value is -4.49. The van der Waals surface area contributed by atoms with E-state index in [1.807, 2.05) is 95.0 Å². The third kappa shape index (κ3) is 13.1. The number of hydrogen-bond acceptors (Lipinski definition) is 9. The van der Waals surface area contributed by atoms with Gasteiger partial charge < -0.3 is 24.1 Å². The van der Waals surface area contributed by atoms with Crippen molar-refractivity contribution < 1.29 is 28.3 Å². The molecule has 1 N–H and O–H groups in total. The average molecular weight is 775 g/mol. The molecule has 1 aromatic carbocycles. The maximum absolute atomic E-state index is 13.8. The summed E-state index contributed by atoms with van der Waals surface area (Å²) in [6, 6.07) is 15.2. The summed E-state index contributed by atoms with van der Waals surface area (Å²) in [5.41, 5.74) is 1.78. The summed E-state index contributed by atoms with van der Waals surface area (Å²) in [5, 5.41) is 3.34. The largest absolute Gasteiger partial charge is 0.444 e. The van der Waals surface area contributed by atoms with Crippen molar-refractivity contribution in [1.29, 1.82) is 0 Å². The molecular formula is C42H62N6O6Si. The van der Waals surface area contributed by atoms with Crippen molar-refractivity contribution in [1.82, 2.24) is 19.8 Å². The lowest BCUT2D eigenvalue weighted by Gasteiger charge is -2.36. The number of nitrogens with zero attached hydrogens (tertiary/aromatic N) is 5. The van der Waals surface area contributed by atoms with Crippen LogP contribution < -0.4 is 10.2 Å². The van der Waals surface area contributed by atoms with Gasteiger partial charge >= 0.3 is 12.2 Å². The fourth-order valence-electron chi connectivity index (χ4n) is 5.58. The Bertz CT molecular complexity index is 1760. The first-order valence-electron chi connectivity index (χ1n) is 19.3. The van der Waals surface area contributed by atoms with E-state index in [0.29, 0.717) is 43.6 Å². The number of amides is 3. The molecule has 0 atom stereocenters. The van der Waals surface area contributed by atoms with Crippen LogP contribution in [0.25, 0.3) is 11.1 Å². The molecule has 0 saturated carbocycles. The summed E-state index contributed by atoms with van der Waals surface area (Å²) in [5.74, 6) is 0.938. The Morgan fingerprint density at radius 3 is 2.11 bits per heavy atom. The van der Waals surface area contributed by atoms with E-state index in [4.69, 9.17) is 13.9 Å². The Labute approximate surface area is 329 Å². The first kappa shape index (κ1) is 43.2. The third-order valence-corrected chi connectivity index (χ3v) is 14.1. The van der Waals surface area contributed by atoms with Gasteiger partial charge in [-0.25, -0.2) is 24.5 Å². The van der Waals surface area contributed by atoms with Gasteiger partial charge in [0.25, 0.3) is 0 Å². The van der Waals surface area contributed by atoms with E-state index in [1.54, 1.807) is 12.4 Å². The van der Waals surface area contributed by atoms with Crippen LogP contribution in [0.3, 0.4) is 0 Å². The summed E-state index contributed by atoms with van der Waals surface area (Å²) in [6.45, 7) is 24.5. The number of nitrogens with one attached hydrogen (secondary N) is 1. The molecule has 1 saturated heterocycles. The molecule has 1 aliphatic heterocycles. The second-order valence-electron chi connectivity index (χ2n) is 17.6. The molecule has 1 fully saturated rings. The van der Waals surface area contributed by atoms with Crippen LogP contribution >= 0.6 is 0 Å². The van der Waals surface area contributed by atoms with Crippen molar-refractivity contribution in [2.24, 2.45) is 0 Å². The number of ether oxygens (including phenoxy) is 2. The van der Waals surface area contributed by atoms with E-state index in [-0.39, 0.29) is 24.0 Å². The van der Waals surface area contributed by atoms with Gasteiger partial charge in [0.2, 0.25) is 5.91 Å². The summed E-state index contributed by atoms with van der Waals surface area (Å²) in [6.07, 6.45) is 5.40. The summed E-state index contributed by atoms with van der Waals surface area (Å²) >= 11 is 0. The van der Waals surface area contributed by atoms with Crippen LogP contribution in [-0.2, 0) is 25.3 Å². The highest BCUT2D eigenvalue weighted by atomic mass is 28.4. The van der Waals surface area contributed by atoms with Crippen molar-refractivity contribution >= 4 is 43.7 Å². The van der Waals surface area contributed by atoms with E-state index in [0.717, 1.165) is 36.0 Å². The molecule has 0 bridgehead atoms. The fourth-order valence-corrected chi connectivity index (χ4v) is 6.54. The van der Waals surface area contributed by atoms with Gasteiger partial charge in [-0.3, -0.25) is 9.69 Å². The van der Waals surface area contributed by atoms with Gasteiger partial charge in [-0.15, -0.1) is 0 Å². The minimum atomic E-state index is -2.00. The smallest absolute Gasteiger partial charge is 0.420 e. The number of likely N-dealkylation sites (tertiary alicyclic amines) is 1. The van der Waals surface area contributed by atoms with Crippen molar-refractivity contribution in [2.45, 2.75) is 118 Å². The molecule has 0 aliphatic carbocycles. The number of anilines is 3. The standard InChI is InChI=1S/C42H62N6O6Si/c1-40(2,3)53-38(50)47(29-37(49)46-23-13-12-14-24-46)25-22-43-35-19-18-33(28-45-35)32-20-21-44-36(27-32)48(39(51)54-41(4,5)6)34-17-15-16-31(26-34)30-52-55(10,11)42(7,8)9/h15-21,26-28H,12-14,22-25,29-30H2,1-11H3,(H,43,45). The van der Waals surface area contributed by atoms with Crippen molar-refractivity contribution in [3.63, 3.8) is 0 Å². The van der Waals surface area contributed by atoms with Gasteiger partial charge in [0.05, 0.1) is 12.3 Å². The Kier molecular flexibility index (Phi) is 14.1. The van der Waals surface area contributed by atoms with Crippen LogP contribution in [0.4, 0.5) is 26.9 Å². The first-order valence-corrected chi connectivity index (χ1v) is 22.2. The summed E-state index contributed by atoms with van der Waals surface area (Å²) < 4.78 is 18.0. The number of pyridine rings is 2. The lowest BCUT2D eigenvalue weighted by atomic mass is 10.1. The number of piperidine rings is 1. The van der Waals surface area contributed by atoms with Gasteiger partial charge in [0.1, 0.15) is 29.4 Å². The van der Waals surface area contributed by atoms with Crippen molar-refractivity contribution in [2.75, 3.05) is 42.9 Å². The molecule has 13 heteroatoms. The molecule has 0 spiro atoms. The monoisotopic (exact) mass is 774 g/mol. The number of benzene rings is 1. The maximum Gasteiger partial charge on any atom is 0.420 e. The van der Waals surface area contributed by atoms with Crippen molar-refractivity contribution in [3.8, 4) is 11.1 Å². The van der Waals surface area contributed by atoms with Crippen LogP contribution in [0.2, 0.25) is 18.1 Å². The van der Waals surface area contributed by atoms with E-state index in [9.17, 15) is 14.4 Å². The fraction of sp³-hybridized carbons (Fsp3) is 0.548. The molecule has 3 amide bonds. The quantitative estimate of drug-likeness (QED) is 0.179.